The normalized spacial score (nSPS) is 18.6. The predicted octanol–water partition coefficient (Wildman–Crippen LogP) is 2.73. The van der Waals surface area contributed by atoms with Crippen molar-refractivity contribution in [3.05, 3.63) is 24.3 Å². The maximum absolute atomic E-state index is 5.53. The topological polar surface area (TPSA) is 24.5 Å². The number of benzene rings is 1. The summed E-state index contributed by atoms with van der Waals surface area (Å²) in [6.45, 7) is 8.17. The van der Waals surface area contributed by atoms with Gasteiger partial charge >= 0.3 is 0 Å². The predicted molar refractivity (Wildman–Crippen MR) is 81.8 cm³/mol. The molecule has 1 aromatic carbocycles. The van der Waals surface area contributed by atoms with Crippen LogP contribution in [-0.2, 0) is 0 Å². The lowest BCUT2D eigenvalue weighted by molar-refractivity contribution is 0.340. The third-order valence-electron chi connectivity index (χ3n) is 2.96. The molecule has 0 unspecified atom stereocenters. The molecule has 2 rings (SSSR count). The molecule has 0 aromatic heterocycles. The number of piperazine rings is 1. The average Bonchev–Trinajstić information content (AvgIpc) is 2.30. The summed E-state index contributed by atoms with van der Waals surface area (Å²) in [5.41, 5.74) is 1.26. The quantitative estimate of drug-likeness (QED) is 0.927. The van der Waals surface area contributed by atoms with E-state index in [2.05, 4.69) is 35.3 Å². The Balaban J connectivity index is 0.00000144. The fraction of sp³-hybridized carbons (Fsp3) is 0.538. The van der Waals surface area contributed by atoms with E-state index in [1.807, 2.05) is 13.0 Å². The van der Waals surface area contributed by atoms with Crippen LogP contribution in [0, 0.1) is 0 Å². The molecule has 0 saturated carbocycles. The summed E-state index contributed by atoms with van der Waals surface area (Å²) in [6.07, 6.45) is 0. The molecular formula is C13H22Cl2N2O. The molecule has 1 N–H and O–H groups in total. The summed E-state index contributed by atoms with van der Waals surface area (Å²) in [6, 6.07) is 8.91. The van der Waals surface area contributed by atoms with Gasteiger partial charge in [-0.3, -0.25) is 0 Å². The van der Waals surface area contributed by atoms with Crippen LogP contribution in [0.4, 0.5) is 5.69 Å². The first-order chi connectivity index (χ1) is 7.81. The van der Waals surface area contributed by atoms with Crippen LogP contribution in [0.15, 0.2) is 24.3 Å². The monoisotopic (exact) mass is 292 g/mol. The van der Waals surface area contributed by atoms with Gasteiger partial charge in [-0.2, -0.15) is 0 Å². The highest BCUT2D eigenvalue weighted by atomic mass is 35.5. The highest BCUT2D eigenvalue weighted by molar-refractivity contribution is 5.85. The number of nitrogens with zero attached hydrogens (tertiary/aromatic N) is 1. The molecule has 1 saturated heterocycles. The summed E-state index contributed by atoms with van der Waals surface area (Å²) >= 11 is 0. The number of anilines is 1. The summed E-state index contributed by atoms with van der Waals surface area (Å²) in [7, 11) is 0. The summed E-state index contributed by atoms with van der Waals surface area (Å²) < 4.78 is 5.53. The van der Waals surface area contributed by atoms with Gasteiger partial charge in [-0.15, -0.1) is 24.8 Å². The number of nitrogens with one attached hydrogen (secondary N) is 1. The van der Waals surface area contributed by atoms with Crippen LogP contribution in [0.5, 0.6) is 5.75 Å². The second kappa shape index (κ2) is 8.46. The fourth-order valence-corrected chi connectivity index (χ4v) is 2.14. The van der Waals surface area contributed by atoms with Crippen molar-refractivity contribution in [2.75, 3.05) is 31.1 Å². The van der Waals surface area contributed by atoms with Crippen molar-refractivity contribution < 1.29 is 4.74 Å². The van der Waals surface area contributed by atoms with Crippen LogP contribution in [0.2, 0.25) is 0 Å². The van der Waals surface area contributed by atoms with E-state index in [0.29, 0.717) is 6.04 Å². The lowest BCUT2D eigenvalue weighted by atomic mass is 10.2. The van der Waals surface area contributed by atoms with E-state index in [9.17, 15) is 0 Å². The molecule has 0 amide bonds. The first-order valence-electron chi connectivity index (χ1n) is 6.01. The van der Waals surface area contributed by atoms with Crippen LogP contribution in [0.3, 0.4) is 0 Å². The zero-order valence-electron chi connectivity index (χ0n) is 10.9. The second-order valence-corrected chi connectivity index (χ2v) is 4.18. The lowest BCUT2D eigenvalue weighted by Gasteiger charge is -2.36. The van der Waals surface area contributed by atoms with Gasteiger partial charge in [-0.25, -0.2) is 0 Å². The minimum absolute atomic E-state index is 0. The third-order valence-corrected chi connectivity index (χ3v) is 2.96. The van der Waals surface area contributed by atoms with E-state index >= 15 is 0 Å². The molecule has 0 bridgehead atoms. The molecule has 5 heteroatoms. The van der Waals surface area contributed by atoms with Gasteiger partial charge in [-0.05, 0) is 26.0 Å². The van der Waals surface area contributed by atoms with Gasteiger partial charge in [0.25, 0.3) is 0 Å². The number of hydrogen-bond donors (Lipinski definition) is 1. The molecule has 1 fully saturated rings. The Morgan fingerprint density at radius 3 is 2.83 bits per heavy atom. The van der Waals surface area contributed by atoms with E-state index in [1.54, 1.807) is 0 Å². The molecule has 18 heavy (non-hydrogen) atoms. The lowest BCUT2D eigenvalue weighted by Crippen LogP contribution is -2.49. The Morgan fingerprint density at radius 1 is 1.39 bits per heavy atom. The van der Waals surface area contributed by atoms with Gasteiger partial charge in [-0.1, -0.05) is 6.07 Å². The zero-order valence-corrected chi connectivity index (χ0v) is 12.5. The van der Waals surface area contributed by atoms with Gasteiger partial charge in [0.15, 0.2) is 0 Å². The zero-order chi connectivity index (χ0) is 11.4. The highest BCUT2D eigenvalue weighted by Crippen LogP contribution is 2.23. The Morgan fingerprint density at radius 2 is 2.17 bits per heavy atom. The van der Waals surface area contributed by atoms with Crippen molar-refractivity contribution >= 4 is 30.5 Å². The van der Waals surface area contributed by atoms with Crippen LogP contribution in [-0.4, -0.2) is 32.3 Å². The maximum Gasteiger partial charge on any atom is 0.121 e. The van der Waals surface area contributed by atoms with Gasteiger partial charge in [0.05, 0.1) is 6.61 Å². The second-order valence-electron chi connectivity index (χ2n) is 4.18. The Kier molecular flexibility index (Phi) is 8.16. The van der Waals surface area contributed by atoms with Crippen LogP contribution in [0.25, 0.3) is 0 Å². The van der Waals surface area contributed by atoms with Gasteiger partial charge in [0.1, 0.15) is 5.75 Å². The molecule has 3 nitrogen and oxygen atoms in total. The molecule has 1 heterocycles. The third kappa shape index (κ3) is 4.23. The van der Waals surface area contributed by atoms with Crippen LogP contribution in [0.1, 0.15) is 13.8 Å². The van der Waals surface area contributed by atoms with Crippen LogP contribution >= 0.6 is 24.8 Å². The van der Waals surface area contributed by atoms with Crippen molar-refractivity contribution in [1.29, 1.82) is 0 Å². The number of halogens is 2. The summed E-state index contributed by atoms with van der Waals surface area (Å²) in [5, 5.41) is 3.40. The molecule has 104 valence electrons. The van der Waals surface area contributed by atoms with E-state index in [0.717, 1.165) is 32.0 Å². The molecule has 1 aliphatic heterocycles. The van der Waals surface area contributed by atoms with Crippen molar-refractivity contribution in [3.8, 4) is 5.75 Å². The Bertz CT molecular complexity index is 350. The van der Waals surface area contributed by atoms with Crippen molar-refractivity contribution in [3.63, 3.8) is 0 Å². The Labute approximate surface area is 122 Å². The van der Waals surface area contributed by atoms with Crippen molar-refractivity contribution in [2.45, 2.75) is 19.9 Å². The van der Waals surface area contributed by atoms with E-state index in [-0.39, 0.29) is 24.8 Å². The fourth-order valence-electron chi connectivity index (χ4n) is 2.14. The van der Waals surface area contributed by atoms with Gasteiger partial charge in [0.2, 0.25) is 0 Å². The molecule has 0 radical (unpaired) electrons. The first-order valence-corrected chi connectivity index (χ1v) is 6.01. The van der Waals surface area contributed by atoms with Gasteiger partial charge < -0.3 is 15.0 Å². The van der Waals surface area contributed by atoms with E-state index in [4.69, 9.17) is 4.74 Å². The Hall–Kier alpha value is -0.640. The summed E-state index contributed by atoms with van der Waals surface area (Å²) in [4.78, 5) is 2.43. The van der Waals surface area contributed by atoms with Crippen molar-refractivity contribution in [1.82, 2.24) is 5.32 Å². The molecule has 0 spiro atoms. The summed E-state index contributed by atoms with van der Waals surface area (Å²) in [5.74, 6) is 0.964. The molecule has 1 atom stereocenters. The van der Waals surface area contributed by atoms with Crippen LogP contribution < -0.4 is 15.0 Å². The molecular weight excluding hydrogens is 271 g/mol. The maximum atomic E-state index is 5.53. The minimum Gasteiger partial charge on any atom is -0.494 e. The average molecular weight is 293 g/mol. The van der Waals surface area contributed by atoms with Gasteiger partial charge in [0, 0.05) is 37.4 Å². The molecule has 1 aromatic rings. The highest BCUT2D eigenvalue weighted by Gasteiger charge is 2.18. The number of rotatable bonds is 3. The minimum atomic E-state index is 0. The smallest absolute Gasteiger partial charge is 0.121 e. The standard InChI is InChI=1S/C13H20N2O.2ClH/c1-3-16-13-6-4-5-12(9-13)15-8-7-14-10-11(15)2;;/h4-6,9,11,14H,3,7-8,10H2,1-2H3;2*1H/t11-;;/m1../s1. The molecule has 1 aliphatic rings. The number of ether oxygens (including phenoxy) is 1. The van der Waals surface area contributed by atoms with E-state index in [1.165, 1.54) is 5.69 Å². The SMILES string of the molecule is CCOc1cccc(N2CCNC[C@H]2C)c1.Cl.Cl. The molecule has 0 aliphatic carbocycles. The number of hydrogen-bond acceptors (Lipinski definition) is 3. The largest absolute Gasteiger partial charge is 0.494 e. The van der Waals surface area contributed by atoms with E-state index < -0.39 is 0 Å². The van der Waals surface area contributed by atoms with Crippen molar-refractivity contribution in [2.24, 2.45) is 0 Å². The first kappa shape index (κ1) is 17.4.